The Kier molecular flexibility index (Phi) is 6.64. The molecular weight excluding hydrogens is 652 g/mol. The van der Waals surface area contributed by atoms with Crippen molar-refractivity contribution in [1.82, 2.24) is 0 Å². The van der Waals surface area contributed by atoms with E-state index < -0.39 is 58.1 Å². The molecule has 3 aromatic carbocycles. The lowest BCUT2D eigenvalue weighted by atomic mass is 9.41. The number of amides is 8. The van der Waals surface area contributed by atoms with Crippen LogP contribution in [0.1, 0.15) is 38.8 Å². The molecule has 1 aliphatic carbocycles. The summed E-state index contributed by atoms with van der Waals surface area (Å²) in [5.41, 5.74) is 0.893. The van der Waals surface area contributed by atoms with Crippen LogP contribution in [0.25, 0.3) is 0 Å². The fourth-order valence-corrected chi connectivity index (χ4v) is 8.61. The molecule has 4 atom stereocenters. The van der Waals surface area contributed by atoms with E-state index in [0.29, 0.717) is 28.9 Å². The molecule has 51 heavy (non-hydrogen) atoms. The molecule has 1 saturated carbocycles. The first kappa shape index (κ1) is 31.9. The lowest BCUT2D eigenvalue weighted by molar-refractivity contribution is -0.179. The summed E-state index contributed by atoms with van der Waals surface area (Å²) in [5, 5.41) is 0. The topological polar surface area (TPSA) is 150 Å². The number of hydrogen-bond donors (Lipinski definition) is 0. The van der Waals surface area contributed by atoms with Gasteiger partial charge in [0.15, 0.2) is 0 Å². The molecule has 3 aromatic rings. The predicted octanol–water partition coefficient (Wildman–Crippen LogP) is 3.62. The molecule has 254 valence electrons. The summed E-state index contributed by atoms with van der Waals surface area (Å²) in [6.07, 6.45) is 3.04. The first-order chi connectivity index (χ1) is 24.2. The van der Waals surface area contributed by atoms with Crippen LogP contribution in [0.4, 0.5) is 22.7 Å². The normalized spacial score (nSPS) is 27.1. The van der Waals surface area contributed by atoms with Gasteiger partial charge in [0.1, 0.15) is 0 Å². The van der Waals surface area contributed by atoms with E-state index in [2.05, 4.69) is 0 Å². The molecule has 8 amide bonds. The largest absolute Gasteiger partial charge is 0.274 e. The van der Waals surface area contributed by atoms with Crippen LogP contribution < -0.4 is 19.6 Å². The van der Waals surface area contributed by atoms with Crippen LogP contribution in [-0.2, 0) is 44.8 Å². The van der Waals surface area contributed by atoms with Gasteiger partial charge in [0.25, 0.3) is 23.6 Å². The third kappa shape index (κ3) is 4.13. The number of anilines is 4. The molecule has 4 heterocycles. The van der Waals surface area contributed by atoms with Gasteiger partial charge in [-0.25, -0.2) is 19.6 Å². The first-order valence-corrected chi connectivity index (χ1v) is 16.4. The van der Waals surface area contributed by atoms with Crippen molar-refractivity contribution in [2.24, 2.45) is 22.7 Å². The summed E-state index contributed by atoms with van der Waals surface area (Å²) in [7, 11) is 0. The van der Waals surface area contributed by atoms with E-state index in [9.17, 15) is 38.4 Å². The summed E-state index contributed by atoms with van der Waals surface area (Å²) >= 11 is 0. The highest BCUT2D eigenvalue weighted by molar-refractivity contribution is 6.35. The Balaban J connectivity index is 0.991. The summed E-state index contributed by atoms with van der Waals surface area (Å²) < 4.78 is 0. The monoisotopic (exact) mass is 682 g/mol. The molecule has 0 bridgehead atoms. The molecule has 0 aromatic heterocycles. The van der Waals surface area contributed by atoms with E-state index >= 15 is 0 Å². The van der Waals surface area contributed by atoms with Crippen molar-refractivity contribution < 1.29 is 38.4 Å². The fourth-order valence-electron chi connectivity index (χ4n) is 8.61. The van der Waals surface area contributed by atoms with Crippen molar-refractivity contribution in [3.05, 3.63) is 107 Å². The van der Waals surface area contributed by atoms with Crippen molar-refractivity contribution in [3.8, 4) is 0 Å². The van der Waals surface area contributed by atoms with Gasteiger partial charge in [-0.05, 0) is 93.8 Å². The van der Waals surface area contributed by atoms with Crippen LogP contribution in [0.15, 0.2) is 96.1 Å². The molecule has 0 radical (unpaired) electrons. The Hall–Kier alpha value is -6.30. The number of carbonyl (C=O) groups excluding carboxylic acids is 8. The minimum absolute atomic E-state index is 0.210. The second-order valence-corrected chi connectivity index (χ2v) is 14.0. The van der Waals surface area contributed by atoms with Crippen molar-refractivity contribution in [1.29, 1.82) is 0 Å². The second-order valence-electron chi connectivity index (χ2n) is 14.0. The average Bonchev–Trinajstić information content (AvgIpc) is 3.64. The Labute approximate surface area is 291 Å². The van der Waals surface area contributed by atoms with Gasteiger partial charge in [-0.1, -0.05) is 24.3 Å². The van der Waals surface area contributed by atoms with Crippen LogP contribution in [0.5, 0.6) is 0 Å². The number of imide groups is 4. The van der Waals surface area contributed by atoms with Gasteiger partial charge in [-0.2, -0.15) is 0 Å². The average molecular weight is 683 g/mol. The predicted molar refractivity (Wildman–Crippen MR) is 183 cm³/mol. The molecule has 4 unspecified atom stereocenters. The number of rotatable bonds is 6. The SMILES string of the molecule is CC1=CC(=O)N(c2ccc(Cc3ccc(N4C(=O)C5C(C)(C4=O)C4C(=O)N(c6ccc(N7C(=O)C=C(C)C7=O)cc6)C(=O)C54C)cc3)cc2)C1=O. The highest BCUT2D eigenvalue weighted by Crippen LogP contribution is 2.71. The maximum atomic E-state index is 14.0. The summed E-state index contributed by atoms with van der Waals surface area (Å²) in [4.78, 5) is 109. The number of nitrogens with zero attached hydrogens (tertiary/aromatic N) is 4. The van der Waals surface area contributed by atoms with Crippen molar-refractivity contribution in [2.45, 2.75) is 34.1 Å². The van der Waals surface area contributed by atoms with E-state index in [-0.39, 0.29) is 23.2 Å². The molecule has 2 saturated heterocycles. The third-order valence-corrected chi connectivity index (χ3v) is 11.0. The molecule has 0 spiro atoms. The van der Waals surface area contributed by atoms with E-state index in [4.69, 9.17) is 0 Å². The third-order valence-electron chi connectivity index (χ3n) is 11.0. The number of hydrogen-bond acceptors (Lipinski definition) is 8. The molecule has 5 aliphatic rings. The lowest BCUT2D eigenvalue weighted by Crippen LogP contribution is -2.65. The van der Waals surface area contributed by atoms with Gasteiger partial charge in [0.2, 0.25) is 23.6 Å². The van der Waals surface area contributed by atoms with Gasteiger partial charge in [-0.15, -0.1) is 0 Å². The Morgan fingerprint density at radius 1 is 0.471 bits per heavy atom. The van der Waals surface area contributed by atoms with Crippen molar-refractivity contribution in [3.63, 3.8) is 0 Å². The number of fused-ring (bicyclic) bond motifs is 4. The smallest absolute Gasteiger partial charge is 0.261 e. The summed E-state index contributed by atoms with van der Waals surface area (Å²) in [5.74, 6) is -6.08. The zero-order valence-corrected chi connectivity index (χ0v) is 28.0. The number of benzene rings is 3. The van der Waals surface area contributed by atoms with E-state index in [1.165, 1.54) is 43.3 Å². The Bertz CT molecular complexity index is 2250. The minimum atomic E-state index is -1.45. The van der Waals surface area contributed by atoms with Crippen LogP contribution >= 0.6 is 0 Å². The van der Waals surface area contributed by atoms with Crippen LogP contribution in [-0.4, -0.2) is 47.3 Å². The second kappa shape index (κ2) is 10.6. The van der Waals surface area contributed by atoms with Gasteiger partial charge in [0.05, 0.1) is 45.4 Å². The quantitative estimate of drug-likeness (QED) is 0.358. The number of carbonyl (C=O) groups is 8. The molecular formula is C39H30N4O8. The zero-order chi connectivity index (χ0) is 36.3. The van der Waals surface area contributed by atoms with Crippen LogP contribution in [0.3, 0.4) is 0 Å². The Morgan fingerprint density at radius 2 is 0.765 bits per heavy atom. The molecule has 12 nitrogen and oxygen atoms in total. The first-order valence-electron chi connectivity index (χ1n) is 16.4. The fraction of sp³-hybridized carbons (Fsp3) is 0.231. The van der Waals surface area contributed by atoms with Gasteiger partial charge in [-0.3, -0.25) is 38.4 Å². The maximum absolute atomic E-state index is 14.0. The molecule has 3 fully saturated rings. The maximum Gasteiger partial charge on any atom is 0.261 e. The zero-order valence-electron chi connectivity index (χ0n) is 28.0. The standard InChI is InChI=1S/C39H30N4O8/c1-20-17-28(44)40(32(20)46)24-9-5-22(6-10-24)19-23-7-11-26(12-8-23)42-34(48)30-38(3,36(42)50)31-35(49)43(37(51)39(30,31)4)27-15-13-25(14-16-27)41-29(45)18-21(2)33(41)47/h5-18,30-31H,19H2,1-4H3. The van der Waals surface area contributed by atoms with E-state index in [1.54, 1.807) is 57.2 Å². The van der Waals surface area contributed by atoms with Crippen LogP contribution in [0.2, 0.25) is 0 Å². The summed E-state index contributed by atoms with van der Waals surface area (Å²) in [6, 6.07) is 19.8. The van der Waals surface area contributed by atoms with Crippen LogP contribution in [0, 0.1) is 22.7 Å². The van der Waals surface area contributed by atoms with Gasteiger partial charge < -0.3 is 0 Å². The lowest BCUT2D eigenvalue weighted by Gasteiger charge is -2.53. The minimum Gasteiger partial charge on any atom is -0.274 e. The van der Waals surface area contributed by atoms with Gasteiger partial charge in [0, 0.05) is 23.3 Å². The molecule has 0 N–H and O–H groups in total. The van der Waals surface area contributed by atoms with Crippen molar-refractivity contribution in [2.75, 3.05) is 19.6 Å². The van der Waals surface area contributed by atoms with Crippen molar-refractivity contribution >= 4 is 70.0 Å². The van der Waals surface area contributed by atoms with E-state index in [0.717, 1.165) is 30.7 Å². The highest BCUT2D eigenvalue weighted by atomic mass is 16.2. The molecule has 12 heteroatoms. The summed E-state index contributed by atoms with van der Waals surface area (Å²) in [6.45, 7) is 6.26. The molecule has 8 rings (SSSR count). The molecule has 4 aliphatic heterocycles. The highest BCUT2D eigenvalue weighted by Gasteiger charge is 2.85. The Morgan fingerprint density at radius 3 is 1.06 bits per heavy atom. The van der Waals surface area contributed by atoms with Gasteiger partial charge >= 0.3 is 0 Å². The van der Waals surface area contributed by atoms with E-state index in [1.807, 2.05) is 12.1 Å².